The Morgan fingerprint density at radius 1 is 1.07 bits per heavy atom. The molecule has 6 nitrogen and oxygen atoms in total. The van der Waals surface area contributed by atoms with Gasteiger partial charge in [-0.05, 0) is 49.6 Å². The second-order valence-electron chi connectivity index (χ2n) is 7.31. The van der Waals surface area contributed by atoms with Crippen molar-refractivity contribution in [3.63, 3.8) is 0 Å². The average Bonchev–Trinajstić information content (AvgIpc) is 3.18. The number of carbonyl (C=O) groups excluding carboxylic acids is 1. The normalized spacial score (nSPS) is 13.2. The number of hydrogen-bond donors (Lipinski definition) is 2. The first-order valence-corrected chi connectivity index (χ1v) is 9.77. The Hall–Kier alpha value is -3.67. The number of amides is 1. The highest BCUT2D eigenvalue weighted by Crippen LogP contribution is 2.26. The highest BCUT2D eigenvalue weighted by Gasteiger charge is 2.16. The first kappa shape index (κ1) is 17.4. The highest BCUT2D eigenvalue weighted by molar-refractivity contribution is 6.12. The number of anilines is 1. The Morgan fingerprint density at radius 3 is 2.76 bits per heavy atom. The van der Waals surface area contributed by atoms with Crippen molar-refractivity contribution >= 4 is 22.5 Å². The number of carbonyl (C=O) groups is 1. The predicted molar refractivity (Wildman–Crippen MR) is 113 cm³/mol. The van der Waals surface area contributed by atoms with Crippen LogP contribution in [0, 0.1) is 0 Å². The topological polar surface area (TPSA) is 79.8 Å². The van der Waals surface area contributed by atoms with Crippen LogP contribution in [0.15, 0.2) is 65.6 Å². The zero-order valence-corrected chi connectivity index (χ0v) is 15.8. The van der Waals surface area contributed by atoms with Crippen LogP contribution in [0.2, 0.25) is 0 Å². The standard InChI is InChI=1S/C23H20N4O2/c28-21-13-19(18-6-1-2-7-20(18)26-21)23(29)25-16-10-8-15(9-11-16)22-24-14-17-5-3-4-12-27(17)22/h1-2,6-11,13-14H,3-5,12H2,(H,25,29)(H,26,28). The third-order valence-corrected chi connectivity index (χ3v) is 5.40. The molecule has 0 spiro atoms. The molecule has 0 saturated carbocycles. The van der Waals surface area contributed by atoms with Gasteiger partial charge in [0.2, 0.25) is 5.56 Å². The molecule has 0 saturated heterocycles. The van der Waals surface area contributed by atoms with Crippen LogP contribution in [0.25, 0.3) is 22.3 Å². The second-order valence-corrected chi connectivity index (χ2v) is 7.31. The summed E-state index contributed by atoms with van der Waals surface area (Å²) >= 11 is 0. The molecular formula is C23H20N4O2. The lowest BCUT2D eigenvalue weighted by Crippen LogP contribution is -2.16. The van der Waals surface area contributed by atoms with Gasteiger partial charge in [-0.3, -0.25) is 9.59 Å². The van der Waals surface area contributed by atoms with E-state index in [-0.39, 0.29) is 11.5 Å². The first-order chi connectivity index (χ1) is 14.2. The van der Waals surface area contributed by atoms with Gasteiger partial charge in [0.15, 0.2) is 0 Å². The van der Waals surface area contributed by atoms with Crippen LogP contribution in [0.1, 0.15) is 28.9 Å². The molecule has 3 heterocycles. The van der Waals surface area contributed by atoms with Gasteiger partial charge in [-0.25, -0.2) is 4.98 Å². The van der Waals surface area contributed by atoms with Crippen molar-refractivity contribution in [2.45, 2.75) is 25.8 Å². The van der Waals surface area contributed by atoms with E-state index < -0.39 is 0 Å². The van der Waals surface area contributed by atoms with Crippen LogP contribution in [0.5, 0.6) is 0 Å². The largest absolute Gasteiger partial charge is 0.328 e. The molecule has 4 aromatic rings. The zero-order chi connectivity index (χ0) is 19.8. The number of aryl methyl sites for hydroxylation is 1. The van der Waals surface area contributed by atoms with E-state index in [4.69, 9.17) is 0 Å². The maximum absolute atomic E-state index is 12.8. The summed E-state index contributed by atoms with van der Waals surface area (Å²) in [6.07, 6.45) is 5.43. The maximum Gasteiger partial charge on any atom is 0.256 e. The average molecular weight is 384 g/mol. The fraction of sp³-hybridized carbons (Fsp3) is 0.174. The molecule has 29 heavy (non-hydrogen) atoms. The van der Waals surface area contributed by atoms with Crippen molar-refractivity contribution < 1.29 is 4.79 Å². The monoisotopic (exact) mass is 384 g/mol. The minimum Gasteiger partial charge on any atom is -0.328 e. The van der Waals surface area contributed by atoms with Crippen LogP contribution in [0.3, 0.4) is 0 Å². The molecule has 0 fully saturated rings. The van der Waals surface area contributed by atoms with Gasteiger partial charge in [0, 0.05) is 46.7 Å². The van der Waals surface area contributed by atoms with Crippen molar-refractivity contribution in [1.29, 1.82) is 0 Å². The fourth-order valence-corrected chi connectivity index (χ4v) is 3.96. The van der Waals surface area contributed by atoms with Gasteiger partial charge < -0.3 is 14.9 Å². The number of hydrogen-bond acceptors (Lipinski definition) is 3. The van der Waals surface area contributed by atoms with Crippen LogP contribution >= 0.6 is 0 Å². The van der Waals surface area contributed by atoms with E-state index in [2.05, 4.69) is 19.9 Å². The van der Waals surface area contributed by atoms with E-state index in [0.29, 0.717) is 22.2 Å². The molecule has 1 amide bonds. The maximum atomic E-state index is 12.8. The lowest BCUT2D eigenvalue weighted by Gasteiger charge is -2.16. The minimum atomic E-state index is -0.307. The van der Waals surface area contributed by atoms with Crippen molar-refractivity contribution in [3.8, 4) is 11.4 Å². The second kappa shape index (κ2) is 7.05. The molecule has 5 rings (SSSR count). The van der Waals surface area contributed by atoms with E-state index in [1.807, 2.05) is 48.7 Å². The Kier molecular flexibility index (Phi) is 4.24. The van der Waals surface area contributed by atoms with Gasteiger partial charge in [0.1, 0.15) is 5.82 Å². The lowest BCUT2D eigenvalue weighted by molar-refractivity contribution is 0.102. The van der Waals surface area contributed by atoms with E-state index in [9.17, 15) is 9.59 Å². The highest BCUT2D eigenvalue weighted by atomic mass is 16.2. The summed E-state index contributed by atoms with van der Waals surface area (Å²) in [5.41, 5.74) is 3.68. The Balaban J connectivity index is 1.41. The molecule has 144 valence electrons. The van der Waals surface area contributed by atoms with Crippen molar-refractivity contribution in [2.24, 2.45) is 0 Å². The molecule has 6 heteroatoms. The first-order valence-electron chi connectivity index (χ1n) is 9.77. The van der Waals surface area contributed by atoms with Gasteiger partial charge >= 0.3 is 0 Å². The number of pyridine rings is 1. The summed E-state index contributed by atoms with van der Waals surface area (Å²) in [6, 6.07) is 16.3. The molecule has 0 bridgehead atoms. The fourth-order valence-electron chi connectivity index (χ4n) is 3.96. The van der Waals surface area contributed by atoms with Gasteiger partial charge in [0.05, 0.1) is 5.56 Å². The Bertz CT molecular complexity index is 1270. The summed E-state index contributed by atoms with van der Waals surface area (Å²) in [7, 11) is 0. The predicted octanol–water partition coefficient (Wildman–Crippen LogP) is 3.98. The molecule has 0 unspecified atom stereocenters. The van der Waals surface area contributed by atoms with Gasteiger partial charge in [0.25, 0.3) is 5.91 Å². The van der Waals surface area contributed by atoms with E-state index >= 15 is 0 Å². The zero-order valence-electron chi connectivity index (χ0n) is 15.8. The number of nitrogens with zero attached hydrogens (tertiary/aromatic N) is 2. The summed E-state index contributed by atoms with van der Waals surface area (Å²) in [6.45, 7) is 0.999. The number of nitrogens with one attached hydrogen (secondary N) is 2. The third kappa shape index (κ3) is 3.23. The molecule has 1 aliphatic rings. The molecule has 2 N–H and O–H groups in total. The minimum absolute atomic E-state index is 0.298. The lowest BCUT2D eigenvalue weighted by atomic mass is 10.1. The van der Waals surface area contributed by atoms with Gasteiger partial charge in [-0.15, -0.1) is 0 Å². The molecule has 2 aromatic carbocycles. The van der Waals surface area contributed by atoms with Crippen molar-refractivity contribution in [3.05, 3.63) is 82.4 Å². The Morgan fingerprint density at radius 2 is 1.90 bits per heavy atom. The summed E-state index contributed by atoms with van der Waals surface area (Å²) in [5, 5.41) is 3.61. The van der Waals surface area contributed by atoms with E-state index in [0.717, 1.165) is 24.4 Å². The number of benzene rings is 2. The quantitative estimate of drug-likeness (QED) is 0.561. The molecular weight excluding hydrogens is 364 g/mol. The number of aromatic amines is 1. The summed E-state index contributed by atoms with van der Waals surface area (Å²) in [5.74, 6) is 0.663. The van der Waals surface area contributed by atoms with Crippen LogP contribution in [0.4, 0.5) is 5.69 Å². The van der Waals surface area contributed by atoms with Gasteiger partial charge in [-0.1, -0.05) is 18.2 Å². The molecule has 0 radical (unpaired) electrons. The third-order valence-electron chi connectivity index (χ3n) is 5.40. The summed E-state index contributed by atoms with van der Waals surface area (Å²) in [4.78, 5) is 32.1. The molecule has 0 aliphatic carbocycles. The number of imidazole rings is 1. The van der Waals surface area contributed by atoms with E-state index in [1.165, 1.54) is 24.6 Å². The van der Waals surface area contributed by atoms with Gasteiger partial charge in [-0.2, -0.15) is 0 Å². The van der Waals surface area contributed by atoms with Crippen molar-refractivity contribution in [2.75, 3.05) is 5.32 Å². The molecule has 1 aliphatic heterocycles. The van der Waals surface area contributed by atoms with Crippen LogP contribution in [-0.2, 0) is 13.0 Å². The number of para-hydroxylation sites is 1. The smallest absolute Gasteiger partial charge is 0.256 e. The van der Waals surface area contributed by atoms with E-state index in [1.54, 1.807) is 6.07 Å². The molecule has 0 atom stereocenters. The van der Waals surface area contributed by atoms with Crippen LogP contribution < -0.4 is 10.9 Å². The SMILES string of the molecule is O=C(Nc1ccc(-c2ncc3n2CCCC3)cc1)c1cc(=O)[nH]c2ccccc12. The Labute approximate surface area is 167 Å². The number of fused-ring (bicyclic) bond motifs is 2. The number of H-pyrrole nitrogens is 1. The number of aromatic nitrogens is 3. The summed E-state index contributed by atoms with van der Waals surface area (Å²) < 4.78 is 2.28. The van der Waals surface area contributed by atoms with Crippen molar-refractivity contribution in [1.82, 2.24) is 14.5 Å². The van der Waals surface area contributed by atoms with Crippen LogP contribution in [-0.4, -0.2) is 20.4 Å². The molecule has 2 aromatic heterocycles. The number of rotatable bonds is 3.